The maximum Gasteiger partial charge on any atom is 0.240 e. The highest BCUT2D eigenvalue weighted by Gasteiger charge is 2.30. The second-order valence-corrected chi connectivity index (χ2v) is 7.33. The summed E-state index contributed by atoms with van der Waals surface area (Å²) in [6, 6.07) is 19.9. The first-order valence-electron chi connectivity index (χ1n) is 8.79. The number of benzene rings is 2. The number of rotatable bonds is 5. The number of hydrogen-bond acceptors (Lipinski definition) is 4. The van der Waals surface area contributed by atoms with Crippen LogP contribution in [0.2, 0.25) is 0 Å². The molecule has 6 heteroatoms. The summed E-state index contributed by atoms with van der Waals surface area (Å²) in [5.74, 6) is 0.154. The van der Waals surface area contributed by atoms with Gasteiger partial charge in [-0.25, -0.2) is 0 Å². The summed E-state index contributed by atoms with van der Waals surface area (Å²) in [6.45, 7) is 1.68. The molecule has 1 fully saturated rings. The van der Waals surface area contributed by atoms with E-state index in [1.54, 1.807) is 6.33 Å². The van der Waals surface area contributed by atoms with Crippen molar-refractivity contribution in [3.63, 3.8) is 0 Å². The van der Waals surface area contributed by atoms with Gasteiger partial charge >= 0.3 is 0 Å². The Balaban J connectivity index is 1.66. The Bertz CT molecular complexity index is 860. The quantitative estimate of drug-likeness (QED) is 0.648. The Morgan fingerprint density at radius 3 is 2.31 bits per heavy atom. The number of para-hydroxylation sites is 1. The minimum Gasteiger partial charge on any atom is -0.341 e. The van der Waals surface area contributed by atoms with Crippen LogP contribution in [0.25, 0.3) is 5.69 Å². The minimum atomic E-state index is -0.319. The highest BCUT2D eigenvalue weighted by molar-refractivity contribution is 8.00. The van der Waals surface area contributed by atoms with Crippen LogP contribution in [0.3, 0.4) is 0 Å². The Kier molecular flexibility index (Phi) is 5.02. The molecule has 0 radical (unpaired) electrons. The lowest BCUT2D eigenvalue weighted by Crippen LogP contribution is -2.31. The molecule has 4 rings (SSSR count). The first-order chi connectivity index (χ1) is 12.8. The van der Waals surface area contributed by atoms with Crippen LogP contribution >= 0.6 is 11.8 Å². The summed E-state index contributed by atoms with van der Waals surface area (Å²) in [4.78, 5) is 15.1. The fraction of sp³-hybridized carbons (Fsp3) is 0.250. The van der Waals surface area contributed by atoms with Gasteiger partial charge in [-0.2, -0.15) is 0 Å². The molecule has 0 spiro atoms. The Hall–Kier alpha value is -2.60. The van der Waals surface area contributed by atoms with Crippen molar-refractivity contribution >= 4 is 17.7 Å². The highest BCUT2D eigenvalue weighted by atomic mass is 32.2. The van der Waals surface area contributed by atoms with E-state index in [0.29, 0.717) is 0 Å². The molecule has 1 aliphatic rings. The van der Waals surface area contributed by atoms with Gasteiger partial charge in [-0.15, -0.1) is 10.2 Å². The van der Waals surface area contributed by atoms with Gasteiger partial charge in [0.05, 0.1) is 0 Å². The third-order valence-corrected chi connectivity index (χ3v) is 5.72. The van der Waals surface area contributed by atoms with Gasteiger partial charge < -0.3 is 4.90 Å². The van der Waals surface area contributed by atoms with Crippen molar-refractivity contribution in [3.8, 4) is 5.69 Å². The van der Waals surface area contributed by atoms with Crippen LogP contribution < -0.4 is 0 Å². The van der Waals surface area contributed by atoms with Crippen molar-refractivity contribution in [1.29, 1.82) is 0 Å². The molecular formula is C20H20N4OS. The first-order valence-corrected chi connectivity index (χ1v) is 9.67. The van der Waals surface area contributed by atoms with E-state index in [0.717, 1.165) is 42.3 Å². The van der Waals surface area contributed by atoms with E-state index in [-0.39, 0.29) is 11.2 Å². The van der Waals surface area contributed by atoms with Crippen molar-refractivity contribution in [2.75, 3.05) is 13.1 Å². The monoisotopic (exact) mass is 364 g/mol. The molecule has 0 bridgehead atoms. The van der Waals surface area contributed by atoms with Crippen LogP contribution in [0, 0.1) is 0 Å². The average molecular weight is 364 g/mol. The Morgan fingerprint density at radius 1 is 0.962 bits per heavy atom. The predicted molar refractivity (Wildman–Crippen MR) is 102 cm³/mol. The summed E-state index contributed by atoms with van der Waals surface area (Å²) < 4.78 is 1.93. The van der Waals surface area contributed by atoms with E-state index in [9.17, 15) is 4.79 Å². The first kappa shape index (κ1) is 16.8. The van der Waals surface area contributed by atoms with Gasteiger partial charge in [0.1, 0.15) is 11.6 Å². The van der Waals surface area contributed by atoms with Gasteiger partial charge in [0.15, 0.2) is 5.16 Å². The molecule has 0 aliphatic carbocycles. The highest BCUT2D eigenvalue weighted by Crippen LogP contribution is 2.37. The molecule has 5 nitrogen and oxygen atoms in total. The molecule has 1 aliphatic heterocycles. The zero-order valence-corrected chi connectivity index (χ0v) is 15.2. The lowest BCUT2D eigenvalue weighted by Gasteiger charge is -2.23. The minimum absolute atomic E-state index is 0.154. The summed E-state index contributed by atoms with van der Waals surface area (Å²) in [5, 5.41) is 8.74. The Labute approximate surface area is 157 Å². The maximum atomic E-state index is 13.2. The number of amides is 1. The number of thioether (sulfide) groups is 1. The standard InChI is InChI=1S/C20H20N4OS/c25-19(23-13-7-8-14-23)18(16-9-3-1-4-10-16)26-20-22-21-15-24(20)17-11-5-2-6-12-17/h1-6,9-12,15,18H,7-8,13-14H2. The van der Waals surface area contributed by atoms with E-state index in [2.05, 4.69) is 10.2 Å². The molecule has 3 aromatic rings. The molecular weight excluding hydrogens is 344 g/mol. The second-order valence-electron chi connectivity index (χ2n) is 6.26. The van der Waals surface area contributed by atoms with E-state index in [4.69, 9.17) is 0 Å². The summed E-state index contributed by atoms with van der Waals surface area (Å²) in [7, 11) is 0. The van der Waals surface area contributed by atoms with Crippen molar-refractivity contribution in [2.24, 2.45) is 0 Å². The second kappa shape index (κ2) is 7.74. The van der Waals surface area contributed by atoms with Crippen LogP contribution in [0.5, 0.6) is 0 Å². The molecule has 1 saturated heterocycles. The molecule has 2 aromatic carbocycles. The van der Waals surface area contributed by atoms with E-state index < -0.39 is 0 Å². The lowest BCUT2D eigenvalue weighted by molar-refractivity contribution is -0.129. The molecule has 1 amide bonds. The zero-order valence-electron chi connectivity index (χ0n) is 14.4. The molecule has 0 N–H and O–H groups in total. The summed E-state index contributed by atoms with van der Waals surface area (Å²) in [5.41, 5.74) is 1.98. The third-order valence-electron chi connectivity index (χ3n) is 4.52. The normalized spacial score (nSPS) is 15.2. The molecule has 1 unspecified atom stereocenters. The molecule has 0 saturated carbocycles. The van der Waals surface area contributed by atoms with Gasteiger partial charge in [0.2, 0.25) is 5.91 Å². The number of carbonyl (C=O) groups is 1. The molecule has 1 atom stereocenters. The fourth-order valence-corrected chi connectivity index (χ4v) is 4.28. The van der Waals surface area contributed by atoms with Crippen LogP contribution in [-0.4, -0.2) is 38.7 Å². The van der Waals surface area contributed by atoms with Gasteiger partial charge in [-0.1, -0.05) is 60.3 Å². The SMILES string of the molecule is O=C(C(Sc1nncn1-c1ccccc1)c1ccccc1)N1CCCC1. The van der Waals surface area contributed by atoms with Crippen molar-refractivity contribution in [1.82, 2.24) is 19.7 Å². The van der Waals surface area contributed by atoms with E-state index in [1.165, 1.54) is 11.8 Å². The number of likely N-dealkylation sites (tertiary alicyclic amines) is 1. The zero-order chi connectivity index (χ0) is 17.8. The predicted octanol–water partition coefficient (Wildman–Crippen LogP) is 3.72. The van der Waals surface area contributed by atoms with Gasteiger partial charge in [-0.3, -0.25) is 9.36 Å². The average Bonchev–Trinajstić information content (AvgIpc) is 3.39. The van der Waals surface area contributed by atoms with Crippen LogP contribution in [0.1, 0.15) is 23.7 Å². The van der Waals surface area contributed by atoms with Crippen molar-refractivity contribution < 1.29 is 4.79 Å². The van der Waals surface area contributed by atoms with E-state index in [1.807, 2.05) is 70.1 Å². The fourth-order valence-electron chi connectivity index (χ4n) is 3.17. The number of hydrogen-bond donors (Lipinski definition) is 0. The van der Waals surface area contributed by atoms with Crippen LogP contribution in [0.4, 0.5) is 0 Å². The van der Waals surface area contributed by atoms with Gasteiger partial charge in [0.25, 0.3) is 0 Å². The molecule has 1 aromatic heterocycles. The Morgan fingerprint density at radius 2 is 1.62 bits per heavy atom. The van der Waals surface area contributed by atoms with Crippen LogP contribution in [-0.2, 0) is 4.79 Å². The molecule has 132 valence electrons. The lowest BCUT2D eigenvalue weighted by atomic mass is 10.1. The number of carbonyl (C=O) groups excluding carboxylic acids is 1. The number of aromatic nitrogens is 3. The summed E-state index contributed by atoms with van der Waals surface area (Å²) in [6.07, 6.45) is 3.86. The van der Waals surface area contributed by atoms with Crippen molar-refractivity contribution in [3.05, 3.63) is 72.6 Å². The van der Waals surface area contributed by atoms with Crippen molar-refractivity contribution in [2.45, 2.75) is 23.2 Å². The number of nitrogens with zero attached hydrogens (tertiary/aromatic N) is 4. The molecule has 26 heavy (non-hydrogen) atoms. The van der Waals surface area contributed by atoms with Gasteiger partial charge in [-0.05, 0) is 30.5 Å². The maximum absolute atomic E-state index is 13.2. The van der Waals surface area contributed by atoms with E-state index >= 15 is 0 Å². The third kappa shape index (κ3) is 3.51. The van der Waals surface area contributed by atoms with Gasteiger partial charge in [0, 0.05) is 18.8 Å². The summed E-state index contributed by atoms with van der Waals surface area (Å²) >= 11 is 1.46. The largest absolute Gasteiger partial charge is 0.341 e. The topological polar surface area (TPSA) is 51.0 Å². The van der Waals surface area contributed by atoms with Crippen LogP contribution in [0.15, 0.2) is 72.1 Å². The smallest absolute Gasteiger partial charge is 0.240 e. The molecule has 2 heterocycles.